The maximum atomic E-state index is 12.6. The summed E-state index contributed by atoms with van der Waals surface area (Å²) in [6, 6.07) is 6.72. The smallest absolute Gasteiger partial charge is 0.247 e. The molecule has 2 N–H and O–H groups in total. The second-order valence-corrected chi connectivity index (χ2v) is 5.78. The number of benzene rings is 1. The van der Waals surface area contributed by atoms with Gasteiger partial charge in [-0.1, -0.05) is 18.7 Å². The molecule has 3 amide bonds. The highest BCUT2D eigenvalue weighted by Crippen LogP contribution is 2.19. The van der Waals surface area contributed by atoms with E-state index in [-0.39, 0.29) is 30.2 Å². The molecule has 1 aromatic carbocycles. The molecule has 1 saturated heterocycles. The monoisotopic (exact) mass is 329 g/mol. The molecular formula is C18H23N3O3. The summed E-state index contributed by atoms with van der Waals surface area (Å²) in [5.74, 6) is -0.433. The number of likely N-dealkylation sites (N-methyl/N-ethyl adjacent to an activating group) is 1. The Kier molecular flexibility index (Phi) is 6.12. The van der Waals surface area contributed by atoms with Crippen LogP contribution in [0.3, 0.4) is 0 Å². The Bertz CT molecular complexity index is 625. The summed E-state index contributed by atoms with van der Waals surface area (Å²) in [7, 11) is 1.59. The number of hydrogen-bond donors (Lipinski definition) is 2. The average Bonchev–Trinajstić information content (AvgIpc) is 2.62. The van der Waals surface area contributed by atoms with Crippen LogP contribution in [0.2, 0.25) is 0 Å². The Hall–Kier alpha value is -2.63. The molecule has 1 aromatic rings. The van der Waals surface area contributed by atoms with E-state index in [4.69, 9.17) is 0 Å². The topological polar surface area (TPSA) is 78.5 Å². The van der Waals surface area contributed by atoms with Gasteiger partial charge in [-0.3, -0.25) is 14.4 Å². The first-order chi connectivity index (χ1) is 11.5. The second kappa shape index (κ2) is 8.29. The molecule has 128 valence electrons. The number of rotatable bonds is 5. The quantitative estimate of drug-likeness (QED) is 0.803. The Morgan fingerprint density at radius 3 is 2.58 bits per heavy atom. The van der Waals surface area contributed by atoms with Gasteiger partial charge in [0, 0.05) is 19.3 Å². The molecule has 2 rings (SSSR count). The number of carbonyl (C=O) groups is 3. The van der Waals surface area contributed by atoms with E-state index >= 15 is 0 Å². The summed E-state index contributed by atoms with van der Waals surface area (Å²) in [5.41, 5.74) is 1.50. The third-order valence-electron chi connectivity index (χ3n) is 4.13. The first-order valence-electron chi connectivity index (χ1n) is 8.08. The van der Waals surface area contributed by atoms with Crippen LogP contribution in [-0.2, 0) is 20.8 Å². The molecule has 1 unspecified atom stereocenters. The maximum absolute atomic E-state index is 12.6. The predicted octanol–water partition coefficient (Wildman–Crippen LogP) is 1.48. The molecule has 1 aliphatic rings. The Morgan fingerprint density at radius 2 is 1.96 bits per heavy atom. The lowest BCUT2D eigenvalue weighted by Crippen LogP contribution is -2.51. The SMILES string of the molecule is C=CC(=O)Nc1ccc(CC(=O)N2CCCCC2C(=O)NC)cc1. The minimum Gasteiger partial charge on any atom is -0.357 e. The van der Waals surface area contributed by atoms with Crippen molar-refractivity contribution in [3.8, 4) is 0 Å². The van der Waals surface area contributed by atoms with Gasteiger partial charge in [-0.05, 0) is 43.0 Å². The standard InChI is InChI=1S/C18H23N3O3/c1-3-16(22)20-14-9-7-13(8-10-14)12-17(23)21-11-5-4-6-15(21)18(24)19-2/h3,7-10,15H,1,4-6,11-12H2,2H3,(H,19,24)(H,20,22). The minimum absolute atomic E-state index is 0.0498. The highest BCUT2D eigenvalue weighted by Gasteiger charge is 2.31. The molecule has 1 fully saturated rings. The normalized spacial score (nSPS) is 17.0. The number of anilines is 1. The molecular weight excluding hydrogens is 306 g/mol. The largest absolute Gasteiger partial charge is 0.357 e. The van der Waals surface area contributed by atoms with Gasteiger partial charge in [-0.25, -0.2) is 0 Å². The molecule has 0 saturated carbocycles. The van der Waals surface area contributed by atoms with Gasteiger partial charge in [0.2, 0.25) is 17.7 Å². The minimum atomic E-state index is -0.373. The van der Waals surface area contributed by atoms with Crippen LogP contribution in [-0.4, -0.2) is 42.3 Å². The van der Waals surface area contributed by atoms with E-state index < -0.39 is 0 Å². The molecule has 1 aliphatic heterocycles. The molecule has 0 spiro atoms. The van der Waals surface area contributed by atoms with E-state index in [1.165, 1.54) is 6.08 Å². The lowest BCUT2D eigenvalue weighted by Gasteiger charge is -2.34. The van der Waals surface area contributed by atoms with Gasteiger partial charge in [0.05, 0.1) is 6.42 Å². The zero-order valence-corrected chi connectivity index (χ0v) is 13.9. The first-order valence-corrected chi connectivity index (χ1v) is 8.08. The van der Waals surface area contributed by atoms with E-state index in [0.29, 0.717) is 18.7 Å². The van der Waals surface area contributed by atoms with Crippen molar-refractivity contribution in [2.75, 3.05) is 18.9 Å². The van der Waals surface area contributed by atoms with Crippen molar-refractivity contribution in [2.45, 2.75) is 31.7 Å². The fourth-order valence-electron chi connectivity index (χ4n) is 2.84. The first kappa shape index (κ1) is 17.7. The summed E-state index contributed by atoms with van der Waals surface area (Å²) in [5, 5.41) is 5.29. The number of piperidine rings is 1. The van der Waals surface area contributed by atoms with Crippen LogP contribution in [0, 0.1) is 0 Å². The molecule has 6 heteroatoms. The van der Waals surface area contributed by atoms with Gasteiger partial charge in [0.15, 0.2) is 0 Å². The molecule has 6 nitrogen and oxygen atoms in total. The average molecular weight is 329 g/mol. The van der Waals surface area contributed by atoms with E-state index in [0.717, 1.165) is 18.4 Å². The van der Waals surface area contributed by atoms with Crippen molar-refractivity contribution in [1.29, 1.82) is 0 Å². The summed E-state index contributed by atoms with van der Waals surface area (Å²) in [4.78, 5) is 37.5. The van der Waals surface area contributed by atoms with Gasteiger partial charge in [0.25, 0.3) is 0 Å². The number of nitrogens with zero attached hydrogens (tertiary/aromatic N) is 1. The maximum Gasteiger partial charge on any atom is 0.247 e. The van der Waals surface area contributed by atoms with Crippen LogP contribution in [0.15, 0.2) is 36.9 Å². The zero-order chi connectivity index (χ0) is 17.5. The van der Waals surface area contributed by atoms with E-state index in [1.807, 2.05) is 0 Å². The fourth-order valence-corrected chi connectivity index (χ4v) is 2.84. The fraction of sp³-hybridized carbons (Fsp3) is 0.389. The molecule has 24 heavy (non-hydrogen) atoms. The van der Waals surface area contributed by atoms with E-state index in [1.54, 1.807) is 36.2 Å². The van der Waals surface area contributed by atoms with Crippen LogP contribution >= 0.6 is 0 Å². The summed E-state index contributed by atoms with van der Waals surface area (Å²) < 4.78 is 0. The predicted molar refractivity (Wildman–Crippen MR) is 92.4 cm³/mol. The van der Waals surface area contributed by atoms with Gasteiger partial charge >= 0.3 is 0 Å². The number of likely N-dealkylation sites (tertiary alicyclic amines) is 1. The third kappa shape index (κ3) is 4.44. The van der Waals surface area contributed by atoms with Gasteiger partial charge in [0.1, 0.15) is 6.04 Å². The van der Waals surface area contributed by atoms with Gasteiger partial charge in [-0.2, -0.15) is 0 Å². The molecule has 1 atom stereocenters. The summed E-state index contributed by atoms with van der Waals surface area (Å²) in [6.07, 6.45) is 4.03. The number of hydrogen-bond acceptors (Lipinski definition) is 3. The zero-order valence-electron chi connectivity index (χ0n) is 13.9. The highest BCUT2D eigenvalue weighted by molar-refractivity contribution is 5.98. The van der Waals surface area contributed by atoms with Crippen molar-refractivity contribution in [1.82, 2.24) is 10.2 Å². The highest BCUT2D eigenvalue weighted by atomic mass is 16.2. The summed E-state index contributed by atoms with van der Waals surface area (Å²) in [6.45, 7) is 4.01. The Morgan fingerprint density at radius 1 is 1.25 bits per heavy atom. The lowest BCUT2D eigenvalue weighted by molar-refractivity contribution is -0.141. The van der Waals surface area contributed by atoms with Crippen molar-refractivity contribution < 1.29 is 14.4 Å². The van der Waals surface area contributed by atoms with Crippen LogP contribution in [0.1, 0.15) is 24.8 Å². The second-order valence-electron chi connectivity index (χ2n) is 5.78. The van der Waals surface area contributed by atoms with Crippen LogP contribution in [0.4, 0.5) is 5.69 Å². The van der Waals surface area contributed by atoms with E-state index in [9.17, 15) is 14.4 Å². The summed E-state index contributed by atoms with van der Waals surface area (Å²) >= 11 is 0. The molecule has 0 aliphatic carbocycles. The van der Waals surface area contributed by atoms with Gasteiger partial charge in [-0.15, -0.1) is 0 Å². The third-order valence-corrected chi connectivity index (χ3v) is 4.13. The number of carbonyl (C=O) groups excluding carboxylic acids is 3. The van der Waals surface area contributed by atoms with Gasteiger partial charge < -0.3 is 15.5 Å². The Balaban J connectivity index is 2.01. The van der Waals surface area contributed by atoms with Crippen molar-refractivity contribution in [2.24, 2.45) is 0 Å². The molecule has 1 heterocycles. The molecule has 0 aromatic heterocycles. The number of amides is 3. The molecule has 0 radical (unpaired) electrons. The van der Waals surface area contributed by atoms with Crippen molar-refractivity contribution in [3.05, 3.63) is 42.5 Å². The lowest BCUT2D eigenvalue weighted by atomic mass is 10.00. The Labute approximate surface area is 141 Å². The van der Waals surface area contributed by atoms with Crippen molar-refractivity contribution in [3.63, 3.8) is 0 Å². The van der Waals surface area contributed by atoms with Crippen molar-refractivity contribution >= 4 is 23.4 Å². The van der Waals surface area contributed by atoms with E-state index in [2.05, 4.69) is 17.2 Å². The van der Waals surface area contributed by atoms with Crippen LogP contribution < -0.4 is 10.6 Å². The van der Waals surface area contributed by atoms with Crippen LogP contribution in [0.5, 0.6) is 0 Å². The molecule has 0 bridgehead atoms. The van der Waals surface area contributed by atoms with Crippen LogP contribution in [0.25, 0.3) is 0 Å². The number of nitrogens with one attached hydrogen (secondary N) is 2.